The Hall–Kier alpha value is -2.70. The molecule has 1 N–H and O–H groups in total. The molecule has 0 radical (unpaired) electrons. The van der Waals surface area contributed by atoms with Crippen LogP contribution in [0.1, 0.15) is 25.0 Å². The summed E-state index contributed by atoms with van der Waals surface area (Å²) in [5.74, 6) is -0.516. The molecule has 158 valence electrons. The molecule has 1 saturated heterocycles. The number of carbonyl (C=O) groups excluding carboxylic acids is 2. The van der Waals surface area contributed by atoms with E-state index in [0.29, 0.717) is 22.8 Å². The third kappa shape index (κ3) is 5.90. The zero-order valence-corrected chi connectivity index (χ0v) is 17.8. The summed E-state index contributed by atoms with van der Waals surface area (Å²) in [6.45, 7) is 6.27. The van der Waals surface area contributed by atoms with E-state index in [9.17, 15) is 14.0 Å². The maximum Gasteiger partial charge on any atom is 0.246 e. The van der Waals surface area contributed by atoms with Crippen molar-refractivity contribution in [2.75, 3.05) is 25.0 Å². The molecule has 1 unspecified atom stereocenters. The van der Waals surface area contributed by atoms with E-state index in [-0.39, 0.29) is 23.7 Å². The lowest BCUT2D eigenvalue weighted by Gasteiger charge is -2.39. The summed E-state index contributed by atoms with van der Waals surface area (Å²) in [5.41, 5.74) is 2.33. The Bertz CT molecular complexity index is 946. The monoisotopic (exact) mass is 429 g/mol. The lowest BCUT2D eigenvalue weighted by molar-refractivity contribution is -0.130. The number of hydrogen-bond acceptors (Lipinski definition) is 3. The van der Waals surface area contributed by atoms with Gasteiger partial charge in [-0.1, -0.05) is 23.7 Å². The van der Waals surface area contributed by atoms with Crippen molar-refractivity contribution in [1.82, 2.24) is 9.80 Å². The first-order valence-electron chi connectivity index (χ1n) is 9.84. The minimum Gasteiger partial charge on any atom is -0.334 e. The summed E-state index contributed by atoms with van der Waals surface area (Å²) < 4.78 is 13.1. The molecule has 2 aromatic rings. The molecule has 1 heterocycles. The molecule has 2 amide bonds. The van der Waals surface area contributed by atoms with Crippen LogP contribution in [0.15, 0.2) is 48.5 Å². The fourth-order valence-electron chi connectivity index (χ4n) is 3.58. The highest BCUT2D eigenvalue weighted by molar-refractivity contribution is 6.30. The van der Waals surface area contributed by atoms with Crippen molar-refractivity contribution in [1.29, 1.82) is 0 Å². The lowest BCUT2D eigenvalue weighted by Crippen LogP contribution is -2.53. The van der Waals surface area contributed by atoms with Crippen molar-refractivity contribution in [2.45, 2.75) is 26.4 Å². The first-order valence-corrected chi connectivity index (χ1v) is 10.2. The molecule has 1 aliphatic rings. The smallest absolute Gasteiger partial charge is 0.246 e. The summed E-state index contributed by atoms with van der Waals surface area (Å²) in [5, 5.41) is 3.27. The minimum absolute atomic E-state index is 0.0468. The zero-order valence-electron chi connectivity index (χ0n) is 17.1. The largest absolute Gasteiger partial charge is 0.334 e. The van der Waals surface area contributed by atoms with Crippen LogP contribution in [0.2, 0.25) is 5.02 Å². The minimum atomic E-state index is -0.240. The van der Waals surface area contributed by atoms with Gasteiger partial charge in [-0.2, -0.15) is 0 Å². The number of carbonyl (C=O) groups is 2. The maximum absolute atomic E-state index is 13.1. The van der Waals surface area contributed by atoms with E-state index in [0.717, 1.165) is 25.2 Å². The molecule has 1 fully saturated rings. The van der Waals surface area contributed by atoms with Gasteiger partial charge in [0.05, 0.1) is 0 Å². The van der Waals surface area contributed by atoms with E-state index in [1.54, 1.807) is 36.4 Å². The number of nitrogens with zero attached hydrogens (tertiary/aromatic N) is 2. The first-order chi connectivity index (χ1) is 14.3. The van der Waals surface area contributed by atoms with Gasteiger partial charge in [-0.15, -0.1) is 0 Å². The second-order valence-electron chi connectivity index (χ2n) is 7.49. The van der Waals surface area contributed by atoms with Crippen LogP contribution in [0.5, 0.6) is 0 Å². The third-order valence-corrected chi connectivity index (χ3v) is 5.28. The van der Waals surface area contributed by atoms with Gasteiger partial charge in [-0.25, -0.2) is 4.39 Å². The van der Waals surface area contributed by atoms with E-state index in [4.69, 9.17) is 11.6 Å². The van der Waals surface area contributed by atoms with Gasteiger partial charge in [0, 0.05) is 55.9 Å². The SMILES string of the molecule is CC(=O)Nc1ccc(Cl)cc1C=CC(=O)N1CCN(Cc2ccc(F)cc2)CC1C. The second-order valence-corrected chi connectivity index (χ2v) is 7.92. The second kappa shape index (κ2) is 9.87. The van der Waals surface area contributed by atoms with Crippen LogP contribution in [-0.4, -0.2) is 47.3 Å². The molecule has 0 spiro atoms. The number of piperazine rings is 1. The van der Waals surface area contributed by atoms with Gasteiger partial charge in [-0.3, -0.25) is 14.5 Å². The number of hydrogen-bond donors (Lipinski definition) is 1. The highest BCUT2D eigenvalue weighted by atomic mass is 35.5. The van der Waals surface area contributed by atoms with Crippen molar-refractivity contribution in [3.63, 3.8) is 0 Å². The molecule has 1 aliphatic heterocycles. The average Bonchev–Trinajstić information content (AvgIpc) is 2.69. The predicted octanol–water partition coefficient (Wildman–Crippen LogP) is 4.18. The standard InChI is InChI=1S/C23H25ClFN3O2/c1-16-14-27(15-18-3-7-21(25)8-4-18)11-12-28(16)23(30)10-5-19-13-20(24)6-9-22(19)26-17(2)29/h3-10,13,16H,11-12,14-15H2,1-2H3,(H,26,29). The van der Waals surface area contributed by atoms with Gasteiger partial charge in [-0.05, 0) is 54.5 Å². The van der Waals surface area contributed by atoms with Gasteiger partial charge in [0.2, 0.25) is 11.8 Å². The lowest BCUT2D eigenvalue weighted by atomic mass is 10.1. The Balaban J connectivity index is 1.62. The Morgan fingerprint density at radius 3 is 2.60 bits per heavy atom. The van der Waals surface area contributed by atoms with E-state index < -0.39 is 0 Å². The van der Waals surface area contributed by atoms with Crippen molar-refractivity contribution < 1.29 is 14.0 Å². The Morgan fingerprint density at radius 2 is 1.93 bits per heavy atom. The molecule has 5 nitrogen and oxygen atoms in total. The number of nitrogens with one attached hydrogen (secondary N) is 1. The van der Waals surface area contributed by atoms with Crippen LogP contribution in [-0.2, 0) is 16.1 Å². The third-order valence-electron chi connectivity index (χ3n) is 5.04. The van der Waals surface area contributed by atoms with Crippen LogP contribution >= 0.6 is 11.6 Å². The fourth-order valence-corrected chi connectivity index (χ4v) is 3.76. The fraction of sp³-hybridized carbons (Fsp3) is 0.304. The van der Waals surface area contributed by atoms with Gasteiger partial charge < -0.3 is 10.2 Å². The van der Waals surface area contributed by atoms with Crippen molar-refractivity contribution in [2.24, 2.45) is 0 Å². The molecule has 0 saturated carbocycles. The molecule has 0 bridgehead atoms. The average molecular weight is 430 g/mol. The Morgan fingerprint density at radius 1 is 1.20 bits per heavy atom. The number of rotatable bonds is 5. The summed E-state index contributed by atoms with van der Waals surface area (Å²) in [6, 6.07) is 11.7. The molecule has 0 aromatic heterocycles. The molecule has 30 heavy (non-hydrogen) atoms. The Kier molecular flexibility index (Phi) is 7.24. The highest BCUT2D eigenvalue weighted by Gasteiger charge is 2.26. The predicted molar refractivity (Wildman–Crippen MR) is 118 cm³/mol. The summed E-state index contributed by atoms with van der Waals surface area (Å²) >= 11 is 6.06. The number of anilines is 1. The first kappa shape index (κ1) is 22.0. The van der Waals surface area contributed by atoms with Crippen LogP contribution < -0.4 is 5.32 Å². The molecule has 0 aliphatic carbocycles. The quantitative estimate of drug-likeness (QED) is 0.725. The molecule has 2 aromatic carbocycles. The Labute approximate surface area is 181 Å². The van der Waals surface area contributed by atoms with E-state index >= 15 is 0 Å². The van der Waals surface area contributed by atoms with Crippen molar-refractivity contribution in [3.05, 3.63) is 70.5 Å². The van der Waals surface area contributed by atoms with Crippen molar-refractivity contribution >= 4 is 35.2 Å². The maximum atomic E-state index is 13.1. The number of amides is 2. The van der Waals surface area contributed by atoms with Gasteiger partial charge in [0.15, 0.2) is 0 Å². The summed E-state index contributed by atoms with van der Waals surface area (Å²) in [7, 11) is 0. The van der Waals surface area contributed by atoms with Crippen LogP contribution in [0.3, 0.4) is 0 Å². The number of benzene rings is 2. The molecular formula is C23H25ClFN3O2. The van der Waals surface area contributed by atoms with Crippen LogP contribution in [0.25, 0.3) is 6.08 Å². The van der Waals surface area contributed by atoms with Gasteiger partial charge >= 0.3 is 0 Å². The molecule has 1 atom stereocenters. The number of halogens is 2. The highest BCUT2D eigenvalue weighted by Crippen LogP contribution is 2.22. The summed E-state index contributed by atoms with van der Waals surface area (Å²) in [4.78, 5) is 28.2. The normalized spacial score (nSPS) is 17.3. The molecular weight excluding hydrogens is 405 g/mol. The van der Waals surface area contributed by atoms with Gasteiger partial charge in [0.25, 0.3) is 0 Å². The van der Waals surface area contributed by atoms with Crippen LogP contribution in [0.4, 0.5) is 10.1 Å². The van der Waals surface area contributed by atoms with Crippen molar-refractivity contribution in [3.8, 4) is 0 Å². The van der Waals surface area contributed by atoms with Gasteiger partial charge in [0.1, 0.15) is 5.82 Å². The molecule has 7 heteroatoms. The molecule has 3 rings (SSSR count). The topological polar surface area (TPSA) is 52.7 Å². The van der Waals surface area contributed by atoms with Crippen LogP contribution in [0, 0.1) is 5.82 Å². The zero-order chi connectivity index (χ0) is 21.7. The van der Waals surface area contributed by atoms with E-state index in [1.807, 2.05) is 11.8 Å². The summed E-state index contributed by atoms with van der Waals surface area (Å²) in [6.07, 6.45) is 3.19. The van der Waals surface area contributed by atoms with E-state index in [2.05, 4.69) is 10.2 Å². The van der Waals surface area contributed by atoms with E-state index in [1.165, 1.54) is 25.1 Å².